The Balaban J connectivity index is 2.94. The number of rotatable bonds is 3. The molecule has 0 N–H and O–H groups in total. The molecule has 0 unspecified atom stereocenters. The van der Waals surface area contributed by atoms with E-state index in [4.69, 9.17) is 9.95 Å². The Bertz CT molecular complexity index is 386. The van der Waals surface area contributed by atoms with Gasteiger partial charge in [0.1, 0.15) is 5.76 Å². The van der Waals surface area contributed by atoms with Gasteiger partial charge in [-0.05, 0) is 30.7 Å². The highest BCUT2D eigenvalue weighted by Crippen LogP contribution is 2.21. The van der Waals surface area contributed by atoms with Crippen molar-refractivity contribution in [3.63, 3.8) is 0 Å². The summed E-state index contributed by atoms with van der Waals surface area (Å²) < 4.78 is 4.96. The van der Waals surface area contributed by atoms with E-state index in [1.165, 1.54) is 31.4 Å². The van der Waals surface area contributed by atoms with Gasteiger partial charge in [-0.25, -0.2) is 0 Å². The van der Waals surface area contributed by atoms with Gasteiger partial charge < -0.3 is 4.42 Å². The molecule has 0 atom stereocenters. The van der Waals surface area contributed by atoms with Crippen LogP contribution in [0.2, 0.25) is 0 Å². The van der Waals surface area contributed by atoms with Crippen molar-refractivity contribution in [1.29, 1.82) is 0 Å². The first kappa shape index (κ1) is 9.09. The Morgan fingerprint density at radius 2 is 2.54 bits per heavy atom. The van der Waals surface area contributed by atoms with E-state index >= 15 is 0 Å². The quantitative estimate of drug-likeness (QED) is 0.308. The summed E-state index contributed by atoms with van der Waals surface area (Å²) in [5, 5.41) is 3.37. The summed E-state index contributed by atoms with van der Waals surface area (Å²) in [5.41, 5.74) is 8.54. The van der Waals surface area contributed by atoms with Crippen molar-refractivity contribution < 1.29 is 9.21 Å². The molecule has 13 heavy (non-hydrogen) atoms. The minimum absolute atomic E-state index is 0.0942. The standard InChI is InChI=1S/C8H7N3O2/c1-6(12)2-3-8-7(10-11-9)4-5-13-8/h2-5H,1H3/b3-2+. The number of carbonyl (C=O) groups is 1. The zero-order chi connectivity index (χ0) is 9.68. The van der Waals surface area contributed by atoms with E-state index in [1.807, 2.05) is 0 Å². The molecule has 66 valence electrons. The van der Waals surface area contributed by atoms with Gasteiger partial charge in [0.2, 0.25) is 0 Å². The van der Waals surface area contributed by atoms with E-state index in [9.17, 15) is 4.79 Å². The second kappa shape index (κ2) is 4.13. The predicted octanol–water partition coefficient (Wildman–Crippen LogP) is 2.82. The summed E-state index contributed by atoms with van der Waals surface area (Å²) in [4.78, 5) is 13.2. The first-order valence-electron chi connectivity index (χ1n) is 3.55. The topological polar surface area (TPSA) is 79.0 Å². The first-order chi connectivity index (χ1) is 6.24. The fraction of sp³-hybridized carbons (Fsp3) is 0.125. The molecule has 0 aliphatic rings. The van der Waals surface area contributed by atoms with Gasteiger partial charge in [0.25, 0.3) is 0 Å². The van der Waals surface area contributed by atoms with Gasteiger partial charge in [0.05, 0.1) is 12.0 Å². The molecule has 0 aliphatic heterocycles. The van der Waals surface area contributed by atoms with E-state index in [2.05, 4.69) is 10.0 Å². The molecule has 0 amide bonds. The van der Waals surface area contributed by atoms with Gasteiger partial charge in [-0.2, -0.15) is 0 Å². The Labute approximate surface area is 74.3 Å². The molecule has 1 rings (SSSR count). The van der Waals surface area contributed by atoms with Gasteiger partial charge in [0, 0.05) is 4.91 Å². The summed E-state index contributed by atoms with van der Waals surface area (Å²) in [6.45, 7) is 1.42. The summed E-state index contributed by atoms with van der Waals surface area (Å²) >= 11 is 0. The van der Waals surface area contributed by atoms with E-state index < -0.39 is 0 Å². The third kappa shape index (κ3) is 2.50. The predicted molar refractivity (Wildman–Crippen MR) is 47.2 cm³/mol. The molecule has 0 bridgehead atoms. The largest absolute Gasteiger partial charge is 0.465 e. The highest BCUT2D eigenvalue weighted by molar-refractivity contribution is 5.91. The van der Waals surface area contributed by atoms with Crippen LogP contribution in [0.1, 0.15) is 12.7 Å². The lowest BCUT2D eigenvalue weighted by molar-refractivity contribution is -0.112. The molecule has 0 saturated heterocycles. The van der Waals surface area contributed by atoms with Crippen molar-refractivity contribution in [1.82, 2.24) is 0 Å². The first-order valence-corrected chi connectivity index (χ1v) is 3.55. The number of allylic oxidation sites excluding steroid dienone is 1. The Hall–Kier alpha value is -2.00. The van der Waals surface area contributed by atoms with Crippen molar-refractivity contribution in [2.24, 2.45) is 5.11 Å². The number of ketones is 1. The van der Waals surface area contributed by atoms with Crippen molar-refractivity contribution in [3.05, 3.63) is 34.6 Å². The number of nitrogens with zero attached hydrogens (tertiary/aromatic N) is 3. The zero-order valence-corrected chi connectivity index (χ0v) is 6.97. The summed E-state index contributed by atoms with van der Waals surface area (Å²) in [6, 6.07) is 1.53. The lowest BCUT2D eigenvalue weighted by Gasteiger charge is -1.86. The minimum atomic E-state index is -0.0942. The van der Waals surface area contributed by atoms with Gasteiger partial charge >= 0.3 is 0 Å². The Morgan fingerprint density at radius 1 is 1.77 bits per heavy atom. The lowest BCUT2D eigenvalue weighted by atomic mass is 10.3. The highest BCUT2D eigenvalue weighted by Gasteiger charge is 1.99. The molecule has 1 aromatic heterocycles. The molecule has 0 fully saturated rings. The Morgan fingerprint density at radius 3 is 3.15 bits per heavy atom. The number of azide groups is 1. The highest BCUT2D eigenvalue weighted by atomic mass is 16.3. The molecule has 1 aromatic rings. The second-order valence-electron chi connectivity index (χ2n) is 2.30. The van der Waals surface area contributed by atoms with Crippen LogP contribution in [0, 0.1) is 0 Å². The van der Waals surface area contributed by atoms with Crippen LogP contribution in [-0.4, -0.2) is 5.78 Å². The summed E-state index contributed by atoms with van der Waals surface area (Å²) in [6.07, 6.45) is 4.20. The molecule has 0 aromatic carbocycles. The van der Waals surface area contributed by atoms with E-state index in [0.717, 1.165) is 0 Å². The second-order valence-corrected chi connectivity index (χ2v) is 2.30. The van der Waals surface area contributed by atoms with Crippen LogP contribution in [0.5, 0.6) is 0 Å². The third-order valence-electron chi connectivity index (χ3n) is 1.30. The molecule has 0 spiro atoms. The van der Waals surface area contributed by atoms with Crippen molar-refractivity contribution in [2.45, 2.75) is 6.92 Å². The molecule has 5 heteroatoms. The van der Waals surface area contributed by atoms with E-state index in [0.29, 0.717) is 11.4 Å². The van der Waals surface area contributed by atoms with Crippen LogP contribution < -0.4 is 0 Å². The average molecular weight is 177 g/mol. The molecule has 0 saturated carbocycles. The molecule has 0 aliphatic carbocycles. The SMILES string of the molecule is CC(=O)/C=C/c1occc1N=[N+]=[N-]. The molecular formula is C8H7N3O2. The number of furan rings is 1. The maximum Gasteiger partial charge on any atom is 0.152 e. The molecular weight excluding hydrogens is 170 g/mol. The van der Waals surface area contributed by atoms with Gasteiger partial charge in [-0.1, -0.05) is 5.11 Å². The van der Waals surface area contributed by atoms with Gasteiger partial charge in [-0.3, -0.25) is 4.79 Å². The lowest BCUT2D eigenvalue weighted by Crippen LogP contribution is -1.78. The van der Waals surface area contributed by atoms with Crippen LogP contribution in [0.3, 0.4) is 0 Å². The van der Waals surface area contributed by atoms with Crippen LogP contribution in [0.15, 0.2) is 27.9 Å². The number of carbonyl (C=O) groups excluding carboxylic acids is 1. The maximum atomic E-state index is 10.6. The van der Waals surface area contributed by atoms with Crippen LogP contribution in [0.25, 0.3) is 16.5 Å². The summed E-state index contributed by atoms with van der Waals surface area (Å²) in [5.74, 6) is 0.288. The van der Waals surface area contributed by atoms with Crippen molar-refractivity contribution >= 4 is 17.5 Å². The number of hydrogen-bond acceptors (Lipinski definition) is 3. The van der Waals surface area contributed by atoms with Crippen molar-refractivity contribution in [3.8, 4) is 0 Å². The van der Waals surface area contributed by atoms with Crippen molar-refractivity contribution in [2.75, 3.05) is 0 Å². The fourth-order valence-corrected chi connectivity index (χ4v) is 0.763. The summed E-state index contributed by atoms with van der Waals surface area (Å²) in [7, 11) is 0. The smallest absolute Gasteiger partial charge is 0.152 e. The fourth-order valence-electron chi connectivity index (χ4n) is 0.763. The molecule has 0 radical (unpaired) electrons. The minimum Gasteiger partial charge on any atom is -0.465 e. The molecule has 1 heterocycles. The van der Waals surface area contributed by atoms with Gasteiger partial charge in [0.15, 0.2) is 5.78 Å². The Kier molecular flexibility index (Phi) is 2.89. The maximum absolute atomic E-state index is 10.6. The average Bonchev–Trinajstić information content (AvgIpc) is 2.49. The monoisotopic (exact) mass is 177 g/mol. The zero-order valence-electron chi connectivity index (χ0n) is 6.97. The number of hydrogen-bond donors (Lipinski definition) is 0. The van der Waals surface area contributed by atoms with Crippen LogP contribution in [-0.2, 0) is 4.79 Å². The van der Waals surface area contributed by atoms with Crippen LogP contribution in [0.4, 0.5) is 5.69 Å². The van der Waals surface area contributed by atoms with E-state index in [1.54, 1.807) is 0 Å². The third-order valence-corrected chi connectivity index (χ3v) is 1.30. The van der Waals surface area contributed by atoms with E-state index in [-0.39, 0.29) is 5.78 Å². The molecule has 5 nitrogen and oxygen atoms in total. The van der Waals surface area contributed by atoms with Gasteiger partial charge in [-0.15, -0.1) is 0 Å². The normalized spacial score (nSPS) is 9.92. The van der Waals surface area contributed by atoms with Crippen LogP contribution >= 0.6 is 0 Å².